The van der Waals surface area contributed by atoms with Gasteiger partial charge in [-0.1, -0.05) is 18.2 Å². The monoisotopic (exact) mass is 391 g/mol. The van der Waals surface area contributed by atoms with Gasteiger partial charge in [0.05, 0.1) is 12.6 Å². The molecule has 28 heavy (non-hydrogen) atoms. The zero-order chi connectivity index (χ0) is 20.9. The number of benzene rings is 1. The second kappa shape index (κ2) is 8.95. The number of hydrogen-bond donors (Lipinski definition) is 2. The summed E-state index contributed by atoms with van der Waals surface area (Å²) in [5.41, 5.74) is 1.05. The van der Waals surface area contributed by atoms with Gasteiger partial charge in [0.1, 0.15) is 12.1 Å². The van der Waals surface area contributed by atoms with Crippen LogP contribution in [0.1, 0.15) is 32.8 Å². The number of amides is 2. The zero-order valence-corrected chi connectivity index (χ0v) is 16.9. The van der Waals surface area contributed by atoms with E-state index < -0.39 is 17.7 Å². The molecule has 8 heteroatoms. The zero-order valence-electron chi connectivity index (χ0n) is 16.9. The van der Waals surface area contributed by atoms with Crippen LogP contribution in [-0.4, -0.2) is 65.8 Å². The summed E-state index contributed by atoms with van der Waals surface area (Å²) < 4.78 is 5.25. The molecular weight excluding hydrogens is 362 g/mol. The van der Waals surface area contributed by atoms with Gasteiger partial charge in [0.15, 0.2) is 0 Å². The average molecular weight is 391 g/mol. The van der Waals surface area contributed by atoms with E-state index in [1.54, 1.807) is 30.6 Å². The first-order valence-corrected chi connectivity index (χ1v) is 9.35. The Balaban J connectivity index is 1.96. The van der Waals surface area contributed by atoms with Crippen LogP contribution < -0.4 is 10.2 Å². The normalized spacial score (nSPS) is 16.6. The molecule has 154 valence electrons. The number of para-hydroxylation sites is 1. The Morgan fingerprint density at radius 3 is 2.54 bits per heavy atom. The number of nitrogens with zero attached hydrogens (tertiary/aromatic N) is 2. The Hall–Kier alpha value is -2.77. The summed E-state index contributed by atoms with van der Waals surface area (Å²) in [6.07, 6.45) is 0.132. The van der Waals surface area contributed by atoms with Gasteiger partial charge >= 0.3 is 12.1 Å². The molecule has 1 aromatic rings. The third-order valence-electron chi connectivity index (χ3n) is 4.37. The molecule has 1 unspecified atom stereocenters. The highest BCUT2D eigenvalue weighted by molar-refractivity contribution is 5.85. The second-order valence-electron chi connectivity index (χ2n) is 8.01. The van der Waals surface area contributed by atoms with Crippen molar-refractivity contribution < 1.29 is 24.2 Å². The maximum atomic E-state index is 12.7. The van der Waals surface area contributed by atoms with Gasteiger partial charge in [-0.05, 0) is 45.7 Å². The molecule has 2 N–H and O–H groups in total. The Kier molecular flexibility index (Phi) is 6.88. The minimum absolute atomic E-state index is 0.0314. The van der Waals surface area contributed by atoms with Crippen LogP contribution in [0.2, 0.25) is 0 Å². The van der Waals surface area contributed by atoms with E-state index in [2.05, 4.69) is 5.32 Å². The van der Waals surface area contributed by atoms with Crippen LogP contribution in [0.4, 0.5) is 10.5 Å². The summed E-state index contributed by atoms with van der Waals surface area (Å²) in [5.74, 6) is -1.17. The van der Waals surface area contributed by atoms with E-state index in [1.165, 1.54) is 0 Å². The molecule has 0 spiro atoms. The van der Waals surface area contributed by atoms with E-state index in [9.17, 15) is 19.5 Å². The lowest BCUT2D eigenvalue weighted by Gasteiger charge is -2.27. The molecule has 0 bridgehead atoms. The van der Waals surface area contributed by atoms with Crippen molar-refractivity contribution >= 4 is 23.7 Å². The molecule has 0 saturated carbocycles. The molecule has 0 aromatic heterocycles. The highest BCUT2D eigenvalue weighted by Gasteiger charge is 2.30. The summed E-state index contributed by atoms with van der Waals surface area (Å²) in [5, 5.41) is 12.0. The van der Waals surface area contributed by atoms with Crippen molar-refractivity contribution in [2.75, 3.05) is 31.1 Å². The van der Waals surface area contributed by atoms with Gasteiger partial charge in [-0.25, -0.2) is 4.79 Å². The van der Waals surface area contributed by atoms with Crippen LogP contribution in [0.25, 0.3) is 0 Å². The molecule has 1 fully saturated rings. The molecule has 1 atom stereocenters. The maximum absolute atomic E-state index is 12.7. The predicted molar refractivity (Wildman–Crippen MR) is 105 cm³/mol. The van der Waals surface area contributed by atoms with Gasteiger partial charge in [-0.3, -0.25) is 9.59 Å². The van der Waals surface area contributed by atoms with Gasteiger partial charge in [-0.2, -0.15) is 0 Å². The fourth-order valence-electron chi connectivity index (χ4n) is 3.15. The first-order valence-electron chi connectivity index (χ1n) is 9.35. The lowest BCUT2D eigenvalue weighted by atomic mass is 10.2. The summed E-state index contributed by atoms with van der Waals surface area (Å²) in [4.78, 5) is 39.1. The Morgan fingerprint density at radius 2 is 1.93 bits per heavy atom. The van der Waals surface area contributed by atoms with Gasteiger partial charge in [0.2, 0.25) is 5.91 Å². The number of hydrogen-bond acceptors (Lipinski definition) is 5. The SMILES string of the molecule is Cc1ccccc1N(CC(=O)O)CC(=O)N1CCC(NC(=O)OC(C)(C)C)C1. The van der Waals surface area contributed by atoms with Gasteiger partial charge in [-0.15, -0.1) is 0 Å². The van der Waals surface area contributed by atoms with Crippen LogP contribution in [0.3, 0.4) is 0 Å². The standard InChI is InChI=1S/C20H29N3O5/c1-14-7-5-6-8-16(14)23(13-18(25)26)12-17(24)22-10-9-15(11-22)21-19(27)28-20(2,3)4/h5-8,15H,9-13H2,1-4H3,(H,21,27)(H,25,26). The lowest BCUT2D eigenvalue weighted by molar-refractivity contribution is -0.135. The molecule has 2 rings (SSSR count). The third-order valence-corrected chi connectivity index (χ3v) is 4.37. The Morgan fingerprint density at radius 1 is 1.25 bits per heavy atom. The van der Waals surface area contributed by atoms with Crippen molar-refractivity contribution in [2.45, 2.75) is 45.8 Å². The smallest absolute Gasteiger partial charge is 0.407 e. The molecular formula is C20H29N3O5. The van der Waals surface area contributed by atoms with Gasteiger partial charge < -0.3 is 25.0 Å². The van der Waals surface area contributed by atoms with E-state index >= 15 is 0 Å². The van der Waals surface area contributed by atoms with Gasteiger partial charge in [0, 0.05) is 18.8 Å². The van der Waals surface area contributed by atoms with E-state index in [4.69, 9.17) is 4.74 Å². The van der Waals surface area contributed by atoms with E-state index in [-0.39, 0.29) is 25.0 Å². The highest BCUT2D eigenvalue weighted by atomic mass is 16.6. The van der Waals surface area contributed by atoms with Crippen LogP contribution in [-0.2, 0) is 14.3 Å². The molecule has 2 amide bonds. The molecule has 0 radical (unpaired) electrons. The number of carboxylic acids is 1. The molecule has 1 aliphatic rings. The second-order valence-corrected chi connectivity index (χ2v) is 8.01. The fourth-order valence-corrected chi connectivity index (χ4v) is 3.15. The van der Waals surface area contributed by atoms with Crippen molar-refractivity contribution in [2.24, 2.45) is 0 Å². The molecule has 1 aromatic carbocycles. The molecule has 1 saturated heterocycles. The number of carbonyl (C=O) groups is 3. The number of carboxylic acid groups (broad SMARTS) is 1. The fraction of sp³-hybridized carbons (Fsp3) is 0.550. The number of aliphatic carboxylic acids is 1. The number of ether oxygens (including phenoxy) is 1. The van der Waals surface area contributed by atoms with Crippen LogP contribution in [0, 0.1) is 6.92 Å². The highest BCUT2D eigenvalue weighted by Crippen LogP contribution is 2.20. The number of nitrogens with one attached hydrogen (secondary N) is 1. The van der Waals surface area contributed by atoms with Crippen LogP contribution >= 0.6 is 0 Å². The van der Waals surface area contributed by atoms with Crippen LogP contribution in [0.15, 0.2) is 24.3 Å². The maximum Gasteiger partial charge on any atom is 0.407 e. The third kappa shape index (κ3) is 6.44. The lowest BCUT2D eigenvalue weighted by Crippen LogP contribution is -2.44. The van der Waals surface area contributed by atoms with Crippen molar-refractivity contribution in [3.05, 3.63) is 29.8 Å². The number of alkyl carbamates (subject to hydrolysis) is 1. The van der Waals surface area contributed by atoms with Crippen molar-refractivity contribution in [1.82, 2.24) is 10.2 Å². The predicted octanol–water partition coefficient (Wildman–Crippen LogP) is 2.01. The van der Waals surface area contributed by atoms with Crippen molar-refractivity contribution in [3.8, 4) is 0 Å². The largest absolute Gasteiger partial charge is 0.480 e. The first-order chi connectivity index (χ1) is 13.0. The van der Waals surface area contributed by atoms with Crippen LogP contribution in [0.5, 0.6) is 0 Å². The number of carbonyl (C=O) groups excluding carboxylic acids is 2. The van der Waals surface area contributed by atoms with Gasteiger partial charge in [0.25, 0.3) is 0 Å². The topological polar surface area (TPSA) is 99.2 Å². The van der Waals surface area contributed by atoms with E-state index in [0.717, 1.165) is 11.3 Å². The number of likely N-dealkylation sites (tertiary alicyclic amines) is 1. The summed E-state index contributed by atoms with van der Waals surface area (Å²) in [6, 6.07) is 7.20. The van der Waals surface area contributed by atoms with Crippen molar-refractivity contribution in [3.63, 3.8) is 0 Å². The summed E-state index contributed by atoms with van der Waals surface area (Å²) >= 11 is 0. The Bertz CT molecular complexity index is 729. The summed E-state index contributed by atoms with van der Waals surface area (Å²) in [6.45, 7) is 7.85. The average Bonchev–Trinajstić information content (AvgIpc) is 3.01. The number of aryl methyl sites for hydroxylation is 1. The Labute approximate surface area is 165 Å². The molecule has 0 aliphatic carbocycles. The minimum atomic E-state index is -0.998. The molecule has 1 heterocycles. The first kappa shape index (κ1) is 21.5. The molecule has 8 nitrogen and oxygen atoms in total. The summed E-state index contributed by atoms with van der Waals surface area (Å²) in [7, 11) is 0. The van der Waals surface area contributed by atoms with Crippen molar-refractivity contribution in [1.29, 1.82) is 0 Å². The molecule has 1 aliphatic heterocycles. The minimum Gasteiger partial charge on any atom is -0.480 e. The number of anilines is 1. The van der Waals surface area contributed by atoms with E-state index in [0.29, 0.717) is 19.5 Å². The van der Waals surface area contributed by atoms with E-state index in [1.807, 2.05) is 31.2 Å². The quantitative estimate of drug-likeness (QED) is 0.770. The number of rotatable bonds is 6.